The maximum absolute atomic E-state index is 12.8. The van der Waals surface area contributed by atoms with E-state index in [9.17, 15) is 9.90 Å². The molecular formula is C15H17NO6. The van der Waals surface area contributed by atoms with Gasteiger partial charge in [-0.3, -0.25) is 4.79 Å². The van der Waals surface area contributed by atoms with Gasteiger partial charge in [-0.15, -0.1) is 0 Å². The van der Waals surface area contributed by atoms with Crippen LogP contribution in [0.25, 0.3) is 11.0 Å². The minimum Gasteiger partial charge on any atom is -0.504 e. The summed E-state index contributed by atoms with van der Waals surface area (Å²) in [6, 6.07) is 1.67. The average Bonchev–Trinajstić information content (AvgIpc) is 3.03. The maximum atomic E-state index is 12.8. The first-order valence-electron chi connectivity index (χ1n) is 6.90. The predicted octanol–water partition coefficient (Wildman–Crippen LogP) is 1.63. The summed E-state index contributed by atoms with van der Waals surface area (Å²) in [5.74, 6) is -0.201. The molecule has 118 valence electrons. The molecule has 3 rings (SSSR count). The minimum absolute atomic E-state index is 0.0788. The van der Waals surface area contributed by atoms with Crippen molar-refractivity contribution in [1.29, 1.82) is 0 Å². The van der Waals surface area contributed by atoms with E-state index in [1.54, 1.807) is 11.0 Å². The Kier molecular flexibility index (Phi) is 3.81. The lowest BCUT2D eigenvalue weighted by molar-refractivity contribution is 0.0299. The van der Waals surface area contributed by atoms with Crippen LogP contribution in [0, 0.1) is 0 Å². The van der Waals surface area contributed by atoms with Gasteiger partial charge in [-0.1, -0.05) is 0 Å². The molecule has 1 N–H and O–H groups in total. The van der Waals surface area contributed by atoms with Crippen LogP contribution in [0.4, 0.5) is 0 Å². The van der Waals surface area contributed by atoms with Crippen LogP contribution in [0.1, 0.15) is 10.4 Å². The number of morpholine rings is 1. The molecule has 0 bridgehead atoms. The summed E-state index contributed by atoms with van der Waals surface area (Å²) >= 11 is 0. The molecule has 0 radical (unpaired) electrons. The first-order chi connectivity index (χ1) is 10.7. The Morgan fingerprint density at radius 1 is 1.23 bits per heavy atom. The van der Waals surface area contributed by atoms with Gasteiger partial charge in [0.25, 0.3) is 5.91 Å². The van der Waals surface area contributed by atoms with E-state index in [4.69, 9.17) is 18.6 Å². The lowest BCUT2D eigenvalue weighted by Gasteiger charge is -2.28. The third-order valence-corrected chi connectivity index (χ3v) is 3.72. The smallest absolute Gasteiger partial charge is 0.261 e. The van der Waals surface area contributed by atoms with E-state index in [0.717, 1.165) is 0 Å². The van der Waals surface area contributed by atoms with Crippen molar-refractivity contribution in [2.24, 2.45) is 0 Å². The Morgan fingerprint density at radius 3 is 2.55 bits per heavy atom. The zero-order valence-corrected chi connectivity index (χ0v) is 12.4. The molecule has 2 aromatic rings. The summed E-state index contributed by atoms with van der Waals surface area (Å²) < 4.78 is 21.1. The molecule has 2 heterocycles. The number of ether oxygens (including phenoxy) is 3. The Morgan fingerprint density at radius 2 is 1.91 bits per heavy atom. The molecule has 1 amide bonds. The van der Waals surface area contributed by atoms with Crippen molar-refractivity contribution in [1.82, 2.24) is 4.90 Å². The second kappa shape index (κ2) is 5.76. The number of nitrogens with zero attached hydrogens (tertiary/aromatic N) is 1. The summed E-state index contributed by atoms with van der Waals surface area (Å²) in [7, 11) is 2.86. The highest BCUT2D eigenvalue weighted by atomic mass is 16.5. The van der Waals surface area contributed by atoms with Crippen molar-refractivity contribution < 1.29 is 28.5 Å². The van der Waals surface area contributed by atoms with Crippen LogP contribution in [-0.4, -0.2) is 56.4 Å². The molecule has 7 nitrogen and oxygen atoms in total. The number of fused-ring (bicyclic) bond motifs is 1. The second-order valence-electron chi connectivity index (χ2n) is 4.86. The van der Waals surface area contributed by atoms with Crippen LogP contribution in [0.3, 0.4) is 0 Å². The first kappa shape index (κ1) is 14.5. The number of hydrogen-bond donors (Lipinski definition) is 1. The number of phenolic OH excluding ortho intramolecular Hbond substituents is 1. The molecule has 22 heavy (non-hydrogen) atoms. The summed E-state index contributed by atoms with van der Waals surface area (Å²) in [5.41, 5.74) is 0.422. The summed E-state index contributed by atoms with van der Waals surface area (Å²) in [6.45, 7) is 1.88. The molecule has 1 aliphatic heterocycles. The summed E-state index contributed by atoms with van der Waals surface area (Å²) in [5, 5.41) is 11.1. The zero-order valence-electron chi connectivity index (χ0n) is 12.4. The zero-order chi connectivity index (χ0) is 15.7. The van der Waals surface area contributed by atoms with E-state index >= 15 is 0 Å². The molecule has 0 aliphatic carbocycles. The standard InChI is InChI=1S/C15H17NO6/c1-19-12-9-3-6-22-13(9)14(20-2)11(17)10(12)15(18)16-4-7-21-8-5-16/h3,6,17H,4-5,7-8H2,1-2H3. The number of methoxy groups -OCH3 is 2. The number of benzene rings is 1. The van der Waals surface area contributed by atoms with Crippen LogP contribution >= 0.6 is 0 Å². The fraction of sp³-hybridized carbons (Fsp3) is 0.400. The van der Waals surface area contributed by atoms with E-state index in [1.807, 2.05) is 0 Å². The average molecular weight is 307 g/mol. The van der Waals surface area contributed by atoms with Gasteiger partial charge in [0, 0.05) is 13.1 Å². The second-order valence-corrected chi connectivity index (χ2v) is 4.86. The molecule has 1 aliphatic rings. The van der Waals surface area contributed by atoms with Crippen LogP contribution in [0.15, 0.2) is 16.7 Å². The number of amides is 1. The number of aromatic hydroxyl groups is 1. The topological polar surface area (TPSA) is 81.4 Å². The highest BCUT2D eigenvalue weighted by Gasteiger charge is 2.30. The van der Waals surface area contributed by atoms with Gasteiger partial charge in [-0.05, 0) is 6.07 Å². The number of hydrogen-bond acceptors (Lipinski definition) is 6. The lowest BCUT2D eigenvalue weighted by Crippen LogP contribution is -2.40. The van der Waals surface area contributed by atoms with Gasteiger partial charge in [0.1, 0.15) is 11.3 Å². The van der Waals surface area contributed by atoms with Crippen molar-refractivity contribution in [3.8, 4) is 17.2 Å². The number of furan rings is 1. The third-order valence-electron chi connectivity index (χ3n) is 3.72. The van der Waals surface area contributed by atoms with Gasteiger partial charge in [0.15, 0.2) is 11.3 Å². The van der Waals surface area contributed by atoms with Gasteiger partial charge in [-0.25, -0.2) is 0 Å². The van der Waals surface area contributed by atoms with Crippen molar-refractivity contribution in [2.45, 2.75) is 0 Å². The largest absolute Gasteiger partial charge is 0.504 e. The van der Waals surface area contributed by atoms with Crippen molar-refractivity contribution in [3.63, 3.8) is 0 Å². The maximum Gasteiger partial charge on any atom is 0.261 e. The van der Waals surface area contributed by atoms with Gasteiger partial charge in [-0.2, -0.15) is 0 Å². The number of rotatable bonds is 3. The monoisotopic (exact) mass is 307 g/mol. The molecule has 7 heteroatoms. The molecule has 1 fully saturated rings. The van der Waals surface area contributed by atoms with Crippen molar-refractivity contribution in [2.75, 3.05) is 40.5 Å². The van der Waals surface area contributed by atoms with E-state index < -0.39 is 0 Å². The Bertz CT molecular complexity index is 702. The Hall–Kier alpha value is -2.41. The van der Waals surface area contributed by atoms with Crippen molar-refractivity contribution >= 4 is 16.9 Å². The fourth-order valence-electron chi connectivity index (χ4n) is 2.65. The normalized spacial score (nSPS) is 15.1. The van der Waals surface area contributed by atoms with Crippen LogP contribution in [-0.2, 0) is 4.74 Å². The van der Waals surface area contributed by atoms with Gasteiger partial charge < -0.3 is 28.6 Å². The summed E-state index contributed by atoms with van der Waals surface area (Å²) in [4.78, 5) is 14.4. The Labute approximate surface area is 127 Å². The predicted molar refractivity (Wildman–Crippen MR) is 77.7 cm³/mol. The minimum atomic E-state index is -0.320. The molecule has 0 spiro atoms. The molecule has 0 atom stereocenters. The lowest BCUT2D eigenvalue weighted by atomic mass is 10.1. The van der Waals surface area contributed by atoms with Gasteiger partial charge >= 0.3 is 0 Å². The van der Waals surface area contributed by atoms with Crippen LogP contribution < -0.4 is 9.47 Å². The molecule has 1 saturated heterocycles. The first-order valence-corrected chi connectivity index (χ1v) is 6.90. The highest BCUT2D eigenvalue weighted by Crippen LogP contribution is 2.46. The molecular weight excluding hydrogens is 290 g/mol. The third kappa shape index (κ3) is 2.14. The molecule has 0 saturated carbocycles. The van der Waals surface area contributed by atoms with Gasteiger partial charge in [0.2, 0.25) is 5.75 Å². The number of phenols is 1. The van der Waals surface area contributed by atoms with Gasteiger partial charge in [0.05, 0.1) is 39.1 Å². The van der Waals surface area contributed by atoms with E-state index in [1.165, 1.54) is 20.5 Å². The van der Waals surface area contributed by atoms with Crippen LogP contribution in [0.2, 0.25) is 0 Å². The molecule has 1 aromatic carbocycles. The SMILES string of the molecule is COc1c(C(=O)N2CCOCC2)c(O)c(OC)c2occc12. The fourth-order valence-corrected chi connectivity index (χ4v) is 2.65. The van der Waals surface area contributed by atoms with Crippen molar-refractivity contribution in [3.05, 3.63) is 17.9 Å². The van der Waals surface area contributed by atoms with E-state index in [2.05, 4.69) is 0 Å². The van der Waals surface area contributed by atoms with E-state index in [-0.39, 0.29) is 28.7 Å². The highest BCUT2D eigenvalue weighted by molar-refractivity contribution is 6.08. The van der Waals surface area contributed by atoms with E-state index in [0.29, 0.717) is 37.3 Å². The summed E-state index contributed by atoms with van der Waals surface area (Å²) in [6.07, 6.45) is 1.46. The molecule has 1 aromatic heterocycles. The Balaban J connectivity index is 2.18. The quantitative estimate of drug-likeness (QED) is 0.928. The number of carbonyl (C=O) groups excluding carboxylic acids is 1. The molecule has 0 unspecified atom stereocenters. The van der Waals surface area contributed by atoms with Crippen LogP contribution in [0.5, 0.6) is 17.2 Å². The number of carbonyl (C=O) groups is 1.